The molecular weight excluding hydrogens is 386 g/mol. The van der Waals surface area contributed by atoms with Crippen molar-refractivity contribution in [1.29, 1.82) is 0 Å². The molecule has 118 valence electrons. The zero-order valence-corrected chi connectivity index (χ0v) is 14.8. The molecule has 0 aliphatic heterocycles. The molecule has 2 heterocycles. The number of aromatic hydroxyl groups is 1. The molecule has 0 saturated carbocycles. The molecule has 0 amide bonds. The molecule has 0 atom stereocenters. The van der Waals surface area contributed by atoms with Gasteiger partial charge in [-0.1, -0.05) is 46.3 Å². The Hall–Kier alpha value is -2.44. The summed E-state index contributed by atoms with van der Waals surface area (Å²) in [4.78, 5) is 11.9. The molecule has 0 bridgehead atoms. The summed E-state index contributed by atoms with van der Waals surface area (Å²) in [6.07, 6.45) is 1.72. The number of nitrogens with one attached hydrogen (secondary N) is 1. The van der Waals surface area contributed by atoms with E-state index in [1.165, 1.54) is 11.3 Å². The molecule has 0 spiro atoms. The molecule has 4 nitrogen and oxygen atoms in total. The van der Waals surface area contributed by atoms with Crippen LogP contribution in [0.4, 0.5) is 5.00 Å². The van der Waals surface area contributed by atoms with Gasteiger partial charge in [-0.15, -0.1) is 11.3 Å². The predicted octanol–water partition coefficient (Wildman–Crippen LogP) is 5.26. The van der Waals surface area contributed by atoms with Gasteiger partial charge in [0.2, 0.25) is 0 Å². The molecule has 4 aromatic rings. The van der Waals surface area contributed by atoms with Gasteiger partial charge in [0.05, 0.1) is 23.0 Å². The second-order valence-electron chi connectivity index (χ2n) is 5.20. The highest BCUT2D eigenvalue weighted by Gasteiger charge is 2.19. The summed E-state index contributed by atoms with van der Waals surface area (Å²) in [5.41, 5.74) is 4.93. The van der Waals surface area contributed by atoms with E-state index in [1.807, 2.05) is 48.5 Å². The zero-order valence-electron chi connectivity index (χ0n) is 12.4. The number of aliphatic imine (C=N–C) groups is 1. The van der Waals surface area contributed by atoms with Crippen molar-refractivity contribution in [3.05, 3.63) is 75.8 Å². The van der Waals surface area contributed by atoms with E-state index in [-0.39, 0.29) is 5.88 Å². The lowest BCUT2D eigenvalue weighted by Gasteiger charge is -2.07. The Labute approximate surface area is 150 Å². The maximum absolute atomic E-state index is 10.5. The summed E-state index contributed by atoms with van der Waals surface area (Å²) in [7, 11) is 0. The average Bonchev–Trinajstić information content (AvgIpc) is 3.20. The highest BCUT2D eigenvalue weighted by atomic mass is 79.9. The lowest BCUT2D eigenvalue weighted by atomic mass is 10.0. The summed E-state index contributed by atoms with van der Waals surface area (Å²) in [6, 6.07) is 15.7. The fraction of sp³-hybridized carbons (Fsp3) is 0. The second kappa shape index (κ2) is 6.22. The van der Waals surface area contributed by atoms with Crippen molar-refractivity contribution in [3.63, 3.8) is 0 Å². The smallest absolute Gasteiger partial charge is 0.199 e. The van der Waals surface area contributed by atoms with Crippen molar-refractivity contribution in [1.82, 2.24) is 9.97 Å². The summed E-state index contributed by atoms with van der Waals surface area (Å²) in [5.74, 6) is 0.107. The fourth-order valence-corrected chi connectivity index (χ4v) is 3.48. The van der Waals surface area contributed by atoms with Crippen LogP contribution in [-0.4, -0.2) is 20.8 Å². The van der Waals surface area contributed by atoms with Crippen LogP contribution in [0.3, 0.4) is 0 Å². The highest BCUT2D eigenvalue weighted by molar-refractivity contribution is 9.10. The number of nitrogens with zero attached hydrogens (tertiary/aromatic N) is 2. The first-order valence-corrected chi connectivity index (χ1v) is 8.93. The standard InChI is InChI=1S/C18H12BrN3OS/c19-12-6-7-14-13(8-12)16(18(23)21-14)17(11-4-2-1-3-5-11)22-15-9-20-10-24-15/h1-10,21,23H. The van der Waals surface area contributed by atoms with Gasteiger partial charge in [0.25, 0.3) is 0 Å². The fourth-order valence-electron chi connectivity index (χ4n) is 2.62. The first-order valence-electron chi connectivity index (χ1n) is 7.25. The normalized spacial score (nSPS) is 12.0. The van der Waals surface area contributed by atoms with Crippen molar-refractivity contribution < 1.29 is 5.11 Å². The second-order valence-corrected chi connectivity index (χ2v) is 6.99. The topological polar surface area (TPSA) is 61.3 Å². The van der Waals surface area contributed by atoms with Gasteiger partial charge in [0.1, 0.15) is 5.00 Å². The quantitative estimate of drug-likeness (QED) is 0.463. The van der Waals surface area contributed by atoms with E-state index < -0.39 is 0 Å². The van der Waals surface area contributed by atoms with Gasteiger partial charge in [0.15, 0.2) is 5.88 Å². The van der Waals surface area contributed by atoms with Gasteiger partial charge >= 0.3 is 0 Å². The van der Waals surface area contributed by atoms with Crippen LogP contribution in [0.2, 0.25) is 0 Å². The van der Waals surface area contributed by atoms with Crippen LogP contribution >= 0.6 is 27.3 Å². The number of halogens is 1. The zero-order chi connectivity index (χ0) is 16.5. The Bertz CT molecular complexity index is 1020. The molecule has 0 fully saturated rings. The molecule has 2 aromatic carbocycles. The summed E-state index contributed by atoms with van der Waals surface area (Å²) in [5, 5.41) is 12.2. The number of H-pyrrole nitrogens is 1. The number of fused-ring (bicyclic) bond motifs is 1. The van der Waals surface area contributed by atoms with E-state index in [9.17, 15) is 5.11 Å². The van der Waals surface area contributed by atoms with Crippen LogP contribution in [0.25, 0.3) is 10.9 Å². The first kappa shape index (κ1) is 15.1. The van der Waals surface area contributed by atoms with E-state index in [4.69, 9.17) is 4.99 Å². The van der Waals surface area contributed by atoms with Gasteiger partial charge in [-0.2, -0.15) is 0 Å². The van der Waals surface area contributed by atoms with Gasteiger partial charge in [-0.05, 0) is 18.2 Å². The number of hydrogen-bond acceptors (Lipinski definition) is 4. The molecule has 2 aromatic heterocycles. The largest absolute Gasteiger partial charge is 0.494 e. The minimum atomic E-state index is 0.107. The number of thiazole rings is 1. The molecule has 24 heavy (non-hydrogen) atoms. The maximum atomic E-state index is 10.5. The van der Waals surface area contributed by atoms with Crippen LogP contribution in [0.15, 0.2) is 69.7 Å². The van der Waals surface area contributed by atoms with E-state index >= 15 is 0 Å². The molecule has 6 heteroatoms. The number of aromatic nitrogens is 2. The Morgan fingerprint density at radius 2 is 2.00 bits per heavy atom. The van der Waals surface area contributed by atoms with Crippen molar-refractivity contribution in [2.75, 3.05) is 0 Å². The molecule has 0 radical (unpaired) electrons. The number of aromatic amines is 1. The summed E-state index contributed by atoms with van der Waals surface area (Å²) >= 11 is 4.96. The molecular formula is C18H12BrN3OS. The van der Waals surface area contributed by atoms with Crippen LogP contribution < -0.4 is 0 Å². The molecule has 0 aliphatic carbocycles. The number of hydrogen-bond donors (Lipinski definition) is 2. The minimum Gasteiger partial charge on any atom is -0.494 e. The van der Waals surface area contributed by atoms with Crippen LogP contribution in [-0.2, 0) is 0 Å². The SMILES string of the molecule is Oc1[nH]c2ccc(Br)cc2c1C(=Nc1cncs1)c1ccccc1. The Kier molecular flexibility index (Phi) is 3.92. The molecule has 0 aliphatic rings. The highest BCUT2D eigenvalue weighted by Crippen LogP contribution is 2.33. The van der Waals surface area contributed by atoms with Gasteiger partial charge in [-0.25, -0.2) is 4.99 Å². The summed E-state index contributed by atoms with van der Waals surface area (Å²) < 4.78 is 0.945. The van der Waals surface area contributed by atoms with Crippen molar-refractivity contribution >= 4 is 48.9 Å². The number of benzene rings is 2. The predicted molar refractivity (Wildman–Crippen MR) is 102 cm³/mol. The van der Waals surface area contributed by atoms with Gasteiger partial charge in [0, 0.05) is 20.9 Å². The third kappa shape index (κ3) is 2.74. The average molecular weight is 398 g/mol. The maximum Gasteiger partial charge on any atom is 0.199 e. The molecule has 0 saturated heterocycles. The van der Waals surface area contributed by atoms with Gasteiger partial charge < -0.3 is 10.1 Å². The third-order valence-corrected chi connectivity index (χ3v) is 4.82. The Morgan fingerprint density at radius 3 is 2.75 bits per heavy atom. The minimum absolute atomic E-state index is 0.107. The van der Waals surface area contributed by atoms with E-state index in [0.717, 1.165) is 25.9 Å². The van der Waals surface area contributed by atoms with Crippen molar-refractivity contribution in [2.45, 2.75) is 0 Å². The lowest BCUT2D eigenvalue weighted by Crippen LogP contribution is -2.02. The molecule has 0 unspecified atom stereocenters. The molecule has 2 N–H and O–H groups in total. The number of rotatable bonds is 3. The first-order chi connectivity index (χ1) is 11.7. The van der Waals surface area contributed by atoms with Crippen molar-refractivity contribution in [2.24, 2.45) is 4.99 Å². The molecule has 4 rings (SSSR count). The van der Waals surface area contributed by atoms with Crippen LogP contribution in [0.5, 0.6) is 5.88 Å². The Morgan fingerprint density at radius 1 is 1.17 bits per heavy atom. The summed E-state index contributed by atoms with van der Waals surface area (Å²) in [6.45, 7) is 0. The van der Waals surface area contributed by atoms with E-state index in [0.29, 0.717) is 11.3 Å². The van der Waals surface area contributed by atoms with E-state index in [1.54, 1.807) is 11.7 Å². The van der Waals surface area contributed by atoms with Crippen molar-refractivity contribution in [3.8, 4) is 5.88 Å². The van der Waals surface area contributed by atoms with Crippen LogP contribution in [0.1, 0.15) is 11.1 Å². The monoisotopic (exact) mass is 397 g/mol. The Balaban J connectivity index is 2.01. The van der Waals surface area contributed by atoms with Crippen LogP contribution in [0, 0.1) is 0 Å². The lowest BCUT2D eigenvalue weighted by molar-refractivity contribution is 0.457. The third-order valence-electron chi connectivity index (χ3n) is 3.67. The van der Waals surface area contributed by atoms with Gasteiger partial charge in [-0.3, -0.25) is 4.98 Å². The van der Waals surface area contributed by atoms with E-state index in [2.05, 4.69) is 25.9 Å².